The quantitative estimate of drug-likeness (QED) is 0.847. The van der Waals surface area contributed by atoms with Gasteiger partial charge in [-0.1, -0.05) is 18.2 Å². The van der Waals surface area contributed by atoms with E-state index in [-0.39, 0.29) is 6.42 Å². The summed E-state index contributed by atoms with van der Waals surface area (Å²) in [4.78, 5) is 11.7. The lowest BCUT2D eigenvalue weighted by Gasteiger charge is -2.25. The molecule has 0 spiro atoms. The maximum absolute atomic E-state index is 10.7. The number of aliphatic carboxylic acids is 1. The van der Waals surface area contributed by atoms with Crippen molar-refractivity contribution in [3.63, 3.8) is 0 Å². The van der Waals surface area contributed by atoms with Crippen molar-refractivity contribution in [1.82, 2.24) is 0 Å². The normalized spacial score (nSPS) is 16.0. The molecule has 0 atom stereocenters. The minimum Gasteiger partial charge on any atom is -0.481 e. The molecule has 80 valence electrons. The van der Waals surface area contributed by atoms with E-state index >= 15 is 0 Å². The monoisotopic (exact) mass is 224 g/mol. The van der Waals surface area contributed by atoms with Gasteiger partial charge in [0.1, 0.15) is 0 Å². The van der Waals surface area contributed by atoms with Crippen LogP contribution in [0.5, 0.6) is 0 Å². The first-order chi connectivity index (χ1) is 7.25. The summed E-state index contributed by atoms with van der Waals surface area (Å²) in [7, 11) is 0. The Kier molecular flexibility index (Phi) is 3.28. The van der Waals surface area contributed by atoms with Gasteiger partial charge in [0.25, 0.3) is 0 Å². The highest BCUT2D eigenvalue weighted by Crippen LogP contribution is 2.30. The molecule has 1 heterocycles. The van der Waals surface area contributed by atoms with Gasteiger partial charge in [-0.05, 0) is 11.6 Å². The summed E-state index contributed by atoms with van der Waals surface area (Å²) in [6.45, 7) is 1.54. The molecule has 0 aliphatic carbocycles. The molecule has 1 saturated heterocycles. The zero-order valence-electron chi connectivity index (χ0n) is 8.18. The van der Waals surface area contributed by atoms with Crippen molar-refractivity contribution < 1.29 is 14.6 Å². The van der Waals surface area contributed by atoms with Gasteiger partial charge in [-0.15, -0.1) is 11.8 Å². The first-order valence-corrected chi connectivity index (χ1v) is 5.68. The number of carboxylic acids is 1. The second-order valence-corrected chi connectivity index (χ2v) is 4.80. The molecular formula is C11H12O3S. The highest BCUT2D eigenvalue weighted by atomic mass is 32.2. The molecule has 1 N–H and O–H groups in total. The number of carboxylic acid groups (broad SMARTS) is 1. The Bertz CT molecular complexity index is 361. The van der Waals surface area contributed by atoms with Gasteiger partial charge in [-0.3, -0.25) is 4.79 Å². The molecule has 0 bridgehead atoms. The number of hydrogen-bond acceptors (Lipinski definition) is 3. The Morgan fingerprint density at radius 3 is 2.80 bits per heavy atom. The van der Waals surface area contributed by atoms with Gasteiger partial charge in [0, 0.05) is 4.90 Å². The Balaban J connectivity index is 2.09. The van der Waals surface area contributed by atoms with Crippen LogP contribution in [-0.4, -0.2) is 29.5 Å². The summed E-state index contributed by atoms with van der Waals surface area (Å²) >= 11 is 1.71. The van der Waals surface area contributed by atoms with Crippen LogP contribution in [0.25, 0.3) is 0 Å². The molecule has 0 unspecified atom stereocenters. The van der Waals surface area contributed by atoms with Gasteiger partial charge in [0.05, 0.1) is 24.9 Å². The van der Waals surface area contributed by atoms with Crippen LogP contribution in [0.1, 0.15) is 5.56 Å². The number of thioether (sulfide) groups is 1. The van der Waals surface area contributed by atoms with E-state index in [1.807, 2.05) is 24.3 Å². The number of hydrogen-bond donors (Lipinski definition) is 1. The van der Waals surface area contributed by atoms with Gasteiger partial charge in [-0.2, -0.15) is 0 Å². The Labute approximate surface area is 92.4 Å². The molecule has 1 aliphatic rings. The average molecular weight is 224 g/mol. The van der Waals surface area contributed by atoms with E-state index in [0.717, 1.165) is 23.7 Å². The number of ether oxygens (including phenoxy) is 1. The van der Waals surface area contributed by atoms with Crippen molar-refractivity contribution in [2.24, 2.45) is 0 Å². The summed E-state index contributed by atoms with van der Waals surface area (Å²) in [5, 5.41) is 9.25. The first kappa shape index (κ1) is 10.5. The van der Waals surface area contributed by atoms with Crippen LogP contribution in [0.3, 0.4) is 0 Å². The number of carbonyl (C=O) groups is 1. The predicted octanol–water partition coefficient (Wildman–Crippen LogP) is 1.80. The SMILES string of the molecule is O=C(O)Cc1ccccc1SC1COC1. The summed E-state index contributed by atoms with van der Waals surface area (Å²) in [5.41, 5.74) is 0.891. The Morgan fingerprint density at radius 2 is 2.20 bits per heavy atom. The molecule has 0 radical (unpaired) electrons. The van der Waals surface area contributed by atoms with E-state index in [1.54, 1.807) is 11.8 Å². The van der Waals surface area contributed by atoms with Crippen molar-refractivity contribution in [1.29, 1.82) is 0 Å². The number of rotatable bonds is 4. The summed E-state index contributed by atoms with van der Waals surface area (Å²) in [6, 6.07) is 7.66. The van der Waals surface area contributed by atoms with Crippen molar-refractivity contribution >= 4 is 17.7 Å². The number of benzene rings is 1. The molecule has 1 aliphatic heterocycles. The molecule has 0 saturated carbocycles. The van der Waals surface area contributed by atoms with Crippen LogP contribution in [-0.2, 0) is 16.0 Å². The van der Waals surface area contributed by atoms with Crippen molar-refractivity contribution in [3.8, 4) is 0 Å². The fraction of sp³-hybridized carbons (Fsp3) is 0.364. The molecule has 0 aromatic heterocycles. The predicted molar refractivity (Wildman–Crippen MR) is 58.2 cm³/mol. The van der Waals surface area contributed by atoms with Gasteiger partial charge in [0.2, 0.25) is 0 Å². The highest BCUT2D eigenvalue weighted by Gasteiger charge is 2.20. The Morgan fingerprint density at radius 1 is 1.47 bits per heavy atom. The minimum absolute atomic E-state index is 0.0940. The lowest BCUT2D eigenvalue weighted by atomic mass is 10.1. The Hall–Kier alpha value is -1.00. The van der Waals surface area contributed by atoms with E-state index in [2.05, 4.69) is 0 Å². The van der Waals surface area contributed by atoms with Crippen LogP contribution in [0.2, 0.25) is 0 Å². The summed E-state index contributed by atoms with van der Waals surface area (Å²) in [6.07, 6.45) is 0.0940. The maximum atomic E-state index is 10.7. The van der Waals surface area contributed by atoms with E-state index in [4.69, 9.17) is 9.84 Å². The second-order valence-electron chi connectivity index (χ2n) is 3.46. The van der Waals surface area contributed by atoms with Crippen LogP contribution in [0.4, 0.5) is 0 Å². The lowest BCUT2D eigenvalue weighted by Crippen LogP contribution is -2.30. The van der Waals surface area contributed by atoms with Crippen LogP contribution in [0, 0.1) is 0 Å². The summed E-state index contributed by atoms with van der Waals surface area (Å²) in [5.74, 6) is -0.784. The first-order valence-electron chi connectivity index (χ1n) is 4.80. The smallest absolute Gasteiger partial charge is 0.307 e. The third kappa shape index (κ3) is 2.73. The van der Waals surface area contributed by atoms with Crippen LogP contribution >= 0.6 is 11.8 Å². The van der Waals surface area contributed by atoms with Gasteiger partial charge < -0.3 is 9.84 Å². The molecule has 4 heteroatoms. The molecule has 1 aromatic carbocycles. The third-order valence-corrected chi connectivity index (χ3v) is 3.47. The molecule has 2 rings (SSSR count). The minimum atomic E-state index is -0.784. The van der Waals surface area contributed by atoms with Crippen LogP contribution < -0.4 is 0 Å². The summed E-state index contributed by atoms with van der Waals surface area (Å²) < 4.78 is 5.09. The van der Waals surface area contributed by atoms with Gasteiger partial charge in [-0.25, -0.2) is 0 Å². The van der Waals surface area contributed by atoms with Gasteiger partial charge >= 0.3 is 5.97 Å². The molecule has 1 aromatic rings. The molecule has 0 amide bonds. The molecule has 3 nitrogen and oxygen atoms in total. The zero-order chi connectivity index (χ0) is 10.7. The average Bonchev–Trinajstić information content (AvgIpc) is 2.13. The fourth-order valence-corrected chi connectivity index (χ4v) is 2.53. The van der Waals surface area contributed by atoms with Crippen molar-refractivity contribution in [3.05, 3.63) is 29.8 Å². The van der Waals surface area contributed by atoms with Crippen molar-refractivity contribution in [2.45, 2.75) is 16.6 Å². The topological polar surface area (TPSA) is 46.5 Å². The van der Waals surface area contributed by atoms with E-state index in [9.17, 15) is 4.79 Å². The standard InChI is InChI=1S/C11H12O3S/c12-11(13)5-8-3-1-2-4-10(8)15-9-6-14-7-9/h1-4,9H,5-7H2,(H,12,13). The highest BCUT2D eigenvalue weighted by molar-refractivity contribution is 8.00. The molecular weight excluding hydrogens is 212 g/mol. The zero-order valence-corrected chi connectivity index (χ0v) is 9.00. The van der Waals surface area contributed by atoms with E-state index < -0.39 is 5.97 Å². The molecule has 15 heavy (non-hydrogen) atoms. The van der Waals surface area contributed by atoms with E-state index in [1.165, 1.54) is 0 Å². The third-order valence-electron chi connectivity index (χ3n) is 2.22. The van der Waals surface area contributed by atoms with Crippen LogP contribution in [0.15, 0.2) is 29.2 Å². The maximum Gasteiger partial charge on any atom is 0.307 e. The van der Waals surface area contributed by atoms with Gasteiger partial charge in [0.15, 0.2) is 0 Å². The van der Waals surface area contributed by atoms with E-state index in [0.29, 0.717) is 5.25 Å². The fourth-order valence-electron chi connectivity index (χ4n) is 1.39. The largest absolute Gasteiger partial charge is 0.481 e. The lowest BCUT2D eigenvalue weighted by molar-refractivity contribution is -0.136. The second kappa shape index (κ2) is 4.68. The van der Waals surface area contributed by atoms with Crippen molar-refractivity contribution in [2.75, 3.05) is 13.2 Å². The molecule has 1 fully saturated rings.